The maximum absolute atomic E-state index is 12.0. The zero-order valence-corrected chi connectivity index (χ0v) is 27.8. The molecule has 0 radical (unpaired) electrons. The minimum atomic E-state index is 0.186. The maximum atomic E-state index is 12.0. The third-order valence-corrected chi connectivity index (χ3v) is 9.36. The van der Waals surface area contributed by atoms with Crippen molar-refractivity contribution >= 4 is 40.0 Å². The molecule has 0 unspecified atom stereocenters. The lowest BCUT2D eigenvalue weighted by Crippen LogP contribution is -2.23. The van der Waals surface area contributed by atoms with Crippen LogP contribution in [0.5, 0.6) is 0 Å². The Hall–Kier alpha value is -6.03. The molecule has 2 N–H and O–H groups in total. The van der Waals surface area contributed by atoms with Gasteiger partial charge in [0.25, 0.3) is 0 Å². The Morgan fingerprint density at radius 2 is 1.28 bits per heavy atom. The van der Waals surface area contributed by atoms with Crippen LogP contribution in [0.4, 0.5) is 23.0 Å². The highest BCUT2D eigenvalue weighted by Gasteiger charge is 2.22. The number of nitrogens with one attached hydrogen (secondary N) is 2. The number of fused-ring (bicyclic) bond motifs is 2. The van der Waals surface area contributed by atoms with Gasteiger partial charge in [0, 0.05) is 53.9 Å². The largest absolute Gasteiger partial charge is 0.367 e. The predicted molar refractivity (Wildman–Crippen MR) is 199 cm³/mol. The summed E-state index contributed by atoms with van der Waals surface area (Å²) in [5.74, 6) is 1.91. The van der Waals surface area contributed by atoms with Gasteiger partial charge in [0.1, 0.15) is 11.6 Å². The zero-order chi connectivity index (χ0) is 33.7. The summed E-state index contributed by atoms with van der Waals surface area (Å²) in [5.41, 5.74) is 7.83. The van der Waals surface area contributed by atoms with Gasteiger partial charge in [-0.3, -0.25) is 4.79 Å². The van der Waals surface area contributed by atoms with Crippen molar-refractivity contribution in [2.75, 3.05) is 22.1 Å². The van der Waals surface area contributed by atoms with E-state index in [1.54, 1.807) is 0 Å². The fourth-order valence-corrected chi connectivity index (χ4v) is 6.86. The van der Waals surface area contributed by atoms with Crippen LogP contribution in [0.2, 0.25) is 0 Å². The molecule has 0 bridgehead atoms. The summed E-state index contributed by atoms with van der Waals surface area (Å²) in [6, 6.07) is 32.6. The molecule has 1 aliphatic carbocycles. The van der Waals surface area contributed by atoms with Crippen LogP contribution in [0, 0.1) is 0 Å². The van der Waals surface area contributed by atoms with Crippen molar-refractivity contribution in [1.29, 1.82) is 0 Å². The van der Waals surface area contributed by atoms with Crippen LogP contribution in [0.25, 0.3) is 33.5 Å². The molecule has 1 saturated heterocycles. The lowest BCUT2D eigenvalue weighted by Gasteiger charge is -2.23. The van der Waals surface area contributed by atoms with Gasteiger partial charge in [-0.1, -0.05) is 49.6 Å². The summed E-state index contributed by atoms with van der Waals surface area (Å²) in [5, 5.41) is 15.7. The summed E-state index contributed by atoms with van der Waals surface area (Å²) in [6.07, 6.45) is 15.7. The highest BCUT2D eigenvalue weighted by atomic mass is 16.2. The van der Waals surface area contributed by atoms with Crippen molar-refractivity contribution < 1.29 is 4.79 Å². The van der Waals surface area contributed by atoms with Crippen molar-refractivity contribution in [3.8, 4) is 22.5 Å². The first-order valence-corrected chi connectivity index (χ1v) is 17.4. The van der Waals surface area contributed by atoms with E-state index in [9.17, 15) is 4.79 Å². The Morgan fingerprint density at radius 3 is 1.94 bits per heavy atom. The summed E-state index contributed by atoms with van der Waals surface area (Å²) < 4.78 is 3.73. The van der Waals surface area contributed by atoms with Crippen LogP contribution >= 0.6 is 0 Å². The van der Waals surface area contributed by atoms with Gasteiger partial charge in [-0.25, -0.2) is 19.0 Å². The van der Waals surface area contributed by atoms with Crippen LogP contribution in [0.3, 0.4) is 0 Å². The van der Waals surface area contributed by atoms with Gasteiger partial charge >= 0.3 is 0 Å². The number of aromatic nitrogens is 6. The quantitative estimate of drug-likeness (QED) is 0.177. The van der Waals surface area contributed by atoms with Crippen LogP contribution in [-0.2, 0) is 4.79 Å². The normalized spacial score (nSPS) is 14.9. The van der Waals surface area contributed by atoms with Crippen molar-refractivity contribution in [1.82, 2.24) is 29.2 Å². The fourth-order valence-electron chi connectivity index (χ4n) is 6.86. The number of anilines is 4. The molecule has 1 saturated carbocycles. The molecule has 1 aliphatic heterocycles. The van der Waals surface area contributed by atoms with Gasteiger partial charge in [-0.2, -0.15) is 10.2 Å². The number of hydrogen-bond acceptors (Lipinski definition) is 7. The highest BCUT2D eigenvalue weighted by Crippen LogP contribution is 2.29. The van der Waals surface area contributed by atoms with Crippen LogP contribution in [-0.4, -0.2) is 47.7 Å². The Balaban J connectivity index is 0.000000149. The molecule has 250 valence electrons. The predicted octanol–water partition coefficient (Wildman–Crippen LogP) is 8.41. The summed E-state index contributed by atoms with van der Waals surface area (Å²) in [7, 11) is 0. The SMILES string of the molecule is O=C1CCCN1c1cccc(Nc2cccc(-c3cnn4ccccc34)n2)c1.c1cc(NC2CCCCC2)nc(-c2cnn3ccccc23)c1. The lowest BCUT2D eigenvalue weighted by atomic mass is 9.95. The van der Waals surface area contributed by atoms with Crippen LogP contribution in [0.15, 0.2) is 122 Å². The molecule has 1 aromatic carbocycles. The first-order chi connectivity index (χ1) is 24.7. The van der Waals surface area contributed by atoms with Crippen molar-refractivity contribution in [3.05, 3.63) is 122 Å². The van der Waals surface area contributed by atoms with Gasteiger partial charge in [-0.15, -0.1) is 0 Å². The van der Waals surface area contributed by atoms with Gasteiger partial charge in [0.15, 0.2) is 0 Å². The van der Waals surface area contributed by atoms with E-state index in [2.05, 4.69) is 45.1 Å². The average Bonchev–Trinajstić information content (AvgIpc) is 3.91. The van der Waals surface area contributed by atoms with Crippen LogP contribution < -0.4 is 15.5 Å². The first-order valence-electron chi connectivity index (χ1n) is 17.4. The Labute approximate surface area is 290 Å². The first kappa shape index (κ1) is 31.3. The number of nitrogens with zero attached hydrogens (tertiary/aromatic N) is 7. The van der Waals surface area contributed by atoms with E-state index >= 15 is 0 Å². The van der Waals surface area contributed by atoms with E-state index in [1.165, 1.54) is 32.1 Å². The van der Waals surface area contributed by atoms with E-state index in [0.717, 1.165) is 69.5 Å². The van der Waals surface area contributed by atoms with Crippen LogP contribution in [0.1, 0.15) is 44.9 Å². The average molecular weight is 662 g/mol. The standard InChI is InChI=1S/C22H19N5O.C18H20N4/c28-22-11-5-12-26(22)17-7-3-6-16(14-17)24-21-10-4-8-19(25-21)18-15-23-27-13-2-1-9-20(18)27;1-2-7-14(8-3-1)20-18-11-6-9-16(21-18)15-13-19-22-12-5-4-10-17(15)22/h1-4,6-10,13-15H,5,11-12H2,(H,24,25);4-6,9-14H,1-3,7-8H2,(H,20,21). The van der Waals surface area contributed by atoms with Crippen molar-refractivity contribution in [3.63, 3.8) is 0 Å². The van der Waals surface area contributed by atoms with E-state index in [0.29, 0.717) is 12.5 Å². The molecule has 10 heteroatoms. The number of carbonyl (C=O) groups excluding carboxylic acids is 1. The molecule has 1 amide bonds. The molecule has 0 spiro atoms. The van der Waals surface area contributed by atoms with Gasteiger partial charge in [0.05, 0.1) is 34.8 Å². The minimum absolute atomic E-state index is 0.186. The number of pyridine rings is 4. The number of benzene rings is 1. The molecule has 9 rings (SSSR count). The molecule has 2 fully saturated rings. The molecule has 7 heterocycles. The third kappa shape index (κ3) is 6.78. The smallest absolute Gasteiger partial charge is 0.227 e. The number of hydrogen-bond donors (Lipinski definition) is 2. The molecule has 0 atom stereocenters. The Kier molecular flexibility index (Phi) is 8.88. The van der Waals surface area contributed by atoms with Gasteiger partial charge < -0.3 is 15.5 Å². The fraction of sp³-hybridized carbons (Fsp3) is 0.225. The monoisotopic (exact) mass is 661 g/mol. The number of amides is 1. The molecule has 7 aromatic rings. The maximum Gasteiger partial charge on any atom is 0.227 e. The van der Waals surface area contributed by atoms with E-state index < -0.39 is 0 Å². The van der Waals surface area contributed by atoms with Gasteiger partial charge in [-0.05, 0) is 86.0 Å². The topological polar surface area (TPSA) is 105 Å². The Bertz CT molecular complexity index is 2250. The second-order valence-electron chi connectivity index (χ2n) is 12.8. The molecule has 50 heavy (non-hydrogen) atoms. The number of rotatable bonds is 7. The Morgan fingerprint density at radius 1 is 0.640 bits per heavy atom. The van der Waals surface area contributed by atoms with Crippen molar-refractivity contribution in [2.45, 2.75) is 51.0 Å². The lowest BCUT2D eigenvalue weighted by molar-refractivity contribution is -0.117. The van der Waals surface area contributed by atoms with E-state index in [1.807, 2.05) is 112 Å². The molecule has 10 nitrogen and oxygen atoms in total. The van der Waals surface area contributed by atoms with Crippen molar-refractivity contribution in [2.24, 2.45) is 0 Å². The van der Waals surface area contributed by atoms with Gasteiger partial charge in [0.2, 0.25) is 5.91 Å². The molecule has 6 aromatic heterocycles. The summed E-state index contributed by atoms with van der Waals surface area (Å²) in [6.45, 7) is 0.782. The summed E-state index contributed by atoms with van der Waals surface area (Å²) >= 11 is 0. The zero-order valence-electron chi connectivity index (χ0n) is 27.8. The molecular weight excluding hydrogens is 623 g/mol. The molecular formula is C40H39N9O. The van der Waals surface area contributed by atoms with E-state index in [4.69, 9.17) is 9.97 Å². The van der Waals surface area contributed by atoms with E-state index in [-0.39, 0.29) is 5.91 Å². The second kappa shape index (κ2) is 14.2. The summed E-state index contributed by atoms with van der Waals surface area (Å²) in [4.78, 5) is 23.4. The minimum Gasteiger partial charge on any atom is -0.367 e. The highest BCUT2D eigenvalue weighted by molar-refractivity contribution is 5.95. The number of carbonyl (C=O) groups is 1. The third-order valence-electron chi connectivity index (χ3n) is 9.36. The molecule has 2 aliphatic rings. The second-order valence-corrected chi connectivity index (χ2v) is 12.8.